The van der Waals surface area contributed by atoms with Gasteiger partial charge < -0.3 is 15.0 Å². The first-order valence-electron chi connectivity index (χ1n) is 11.6. The van der Waals surface area contributed by atoms with Gasteiger partial charge in [0.05, 0.1) is 10.6 Å². The van der Waals surface area contributed by atoms with Crippen LogP contribution in [0.25, 0.3) is 10.4 Å². The van der Waals surface area contributed by atoms with Crippen molar-refractivity contribution in [3.8, 4) is 0 Å². The third-order valence-corrected chi connectivity index (χ3v) is 8.91. The summed E-state index contributed by atoms with van der Waals surface area (Å²) < 4.78 is 31.8. The Morgan fingerprint density at radius 1 is 1.26 bits per heavy atom. The van der Waals surface area contributed by atoms with E-state index >= 15 is 0 Å². The lowest BCUT2D eigenvalue weighted by Gasteiger charge is -2.40. The second kappa shape index (κ2) is 11.1. The van der Waals surface area contributed by atoms with Gasteiger partial charge in [0.2, 0.25) is 5.91 Å². The first-order chi connectivity index (χ1) is 16.4. The fourth-order valence-corrected chi connectivity index (χ4v) is 6.84. The molecule has 2 aliphatic rings. The third-order valence-electron chi connectivity index (χ3n) is 6.31. The van der Waals surface area contributed by atoms with Crippen LogP contribution in [0.5, 0.6) is 0 Å². The highest BCUT2D eigenvalue weighted by atomic mass is 32.2. The molecule has 2 amide bonds. The first kappa shape index (κ1) is 27.2. The number of ether oxygens (including phenoxy) is 1. The number of thioether (sulfide) groups is 1. The largest absolute Gasteiger partial charge is 0.444 e. The van der Waals surface area contributed by atoms with E-state index in [1.54, 1.807) is 49.9 Å². The van der Waals surface area contributed by atoms with Gasteiger partial charge in [0.25, 0.3) is 0 Å². The van der Waals surface area contributed by atoms with Crippen LogP contribution in [0, 0.1) is 5.92 Å². The van der Waals surface area contributed by atoms with E-state index in [1.165, 1.54) is 11.8 Å². The molecule has 192 valence electrons. The van der Waals surface area contributed by atoms with Gasteiger partial charge >= 0.3 is 6.09 Å². The predicted octanol–water partition coefficient (Wildman–Crippen LogP) is 4.16. The van der Waals surface area contributed by atoms with Gasteiger partial charge in [-0.25, -0.2) is 13.2 Å². The van der Waals surface area contributed by atoms with E-state index in [0.29, 0.717) is 32.2 Å². The normalized spacial score (nSPS) is 25.1. The number of nitrogens with one attached hydrogen (secondary N) is 1. The Balaban J connectivity index is 1.77. The van der Waals surface area contributed by atoms with Crippen molar-refractivity contribution >= 4 is 33.6 Å². The van der Waals surface area contributed by atoms with Crippen LogP contribution < -0.4 is 5.32 Å². The molecule has 0 bridgehead atoms. The standard InChI is InChI=1S/C23H33N5O5S2/c1-23(2,3)33-22(30)25-19-11-12-28(21(19)29)20-10-5-16(26-27-24)13-15(20)14-35(31,32)18-8-6-17(34-4)7-9-18/h6-9,15-16,19-20H,5,10-14H2,1-4H3,(H,25,30)/t15-,16+,19-,20-/m0/s1. The topological polar surface area (TPSA) is 142 Å². The molecule has 1 aliphatic heterocycles. The Morgan fingerprint density at radius 3 is 2.54 bits per heavy atom. The summed E-state index contributed by atoms with van der Waals surface area (Å²) in [6.07, 6.45) is 3.16. The molecule has 1 saturated carbocycles. The van der Waals surface area contributed by atoms with E-state index in [4.69, 9.17) is 10.3 Å². The number of rotatable bonds is 7. The fourth-order valence-electron chi connectivity index (χ4n) is 4.77. The second-order valence-electron chi connectivity index (χ2n) is 9.98. The molecule has 4 atom stereocenters. The summed E-state index contributed by atoms with van der Waals surface area (Å²) in [7, 11) is -3.63. The molecule has 1 saturated heterocycles. The number of hydrogen-bond acceptors (Lipinski definition) is 7. The molecule has 0 unspecified atom stereocenters. The molecule has 0 aromatic heterocycles. The highest BCUT2D eigenvalue weighted by Gasteiger charge is 2.43. The van der Waals surface area contributed by atoms with E-state index in [2.05, 4.69) is 15.3 Å². The summed E-state index contributed by atoms with van der Waals surface area (Å²) in [4.78, 5) is 31.2. The van der Waals surface area contributed by atoms with Crippen molar-refractivity contribution in [1.29, 1.82) is 0 Å². The van der Waals surface area contributed by atoms with E-state index in [0.717, 1.165) is 4.90 Å². The quantitative estimate of drug-likeness (QED) is 0.246. The van der Waals surface area contributed by atoms with Crippen molar-refractivity contribution in [1.82, 2.24) is 10.2 Å². The van der Waals surface area contributed by atoms with Crippen LogP contribution in [0.3, 0.4) is 0 Å². The van der Waals surface area contributed by atoms with Gasteiger partial charge in [-0.15, -0.1) is 11.8 Å². The number of benzene rings is 1. The summed E-state index contributed by atoms with van der Waals surface area (Å²) in [5.74, 6) is -0.787. The molecular formula is C23H33N5O5S2. The number of carbonyl (C=O) groups is 2. The lowest BCUT2D eigenvalue weighted by molar-refractivity contribution is -0.133. The van der Waals surface area contributed by atoms with Crippen molar-refractivity contribution in [2.45, 2.75) is 80.0 Å². The molecule has 0 radical (unpaired) electrons. The monoisotopic (exact) mass is 523 g/mol. The maximum atomic E-state index is 13.3. The summed E-state index contributed by atoms with van der Waals surface area (Å²) in [6, 6.07) is 5.40. The summed E-state index contributed by atoms with van der Waals surface area (Å²) in [5.41, 5.74) is 8.22. The summed E-state index contributed by atoms with van der Waals surface area (Å²) in [6.45, 7) is 5.65. The van der Waals surface area contributed by atoms with Crippen LogP contribution in [0.2, 0.25) is 0 Å². The van der Waals surface area contributed by atoms with E-state index in [-0.39, 0.29) is 28.6 Å². The molecule has 1 heterocycles. The van der Waals surface area contributed by atoms with E-state index in [1.807, 2.05) is 6.26 Å². The highest BCUT2D eigenvalue weighted by molar-refractivity contribution is 7.98. The molecule has 10 nitrogen and oxygen atoms in total. The minimum Gasteiger partial charge on any atom is -0.444 e. The van der Waals surface area contributed by atoms with Crippen LogP contribution in [0.4, 0.5) is 4.79 Å². The van der Waals surface area contributed by atoms with Crippen molar-refractivity contribution < 1.29 is 22.7 Å². The molecule has 1 aliphatic carbocycles. The van der Waals surface area contributed by atoms with Crippen LogP contribution in [0.15, 0.2) is 39.2 Å². The number of hydrogen-bond donors (Lipinski definition) is 1. The third kappa shape index (κ3) is 7.05. The minimum atomic E-state index is -3.63. The average molecular weight is 524 g/mol. The zero-order chi connectivity index (χ0) is 25.8. The SMILES string of the molecule is CSc1ccc(S(=O)(=O)C[C@@H]2C[C@H](N=[N+]=[N-])CC[C@@H]2N2CC[C@H](NC(=O)OC(C)(C)C)C2=O)cc1. The maximum absolute atomic E-state index is 13.3. The predicted molar refractivity (Wildman–Crippen MR) is 134 cm³/mol. The average Bonchev–Trinajstić information content (AvgIpc) is 3.12. The lowest BCUT2D eigenvalue weighted by Crippen LogP contribution is -2.50. The zero-order valence-electron chi connectivity index (χ0n) is 20.5. The minimum absolute atomic E-state index is 0.151. The molecule has 1 N–H and O–H groups in total. The van der Waals surface area contributed by atoms with Gasteiger partial charge in [0.1, 0.15) is 11.6 Å². The number of nitrogens with zero attached hydrogens (tertiary/aromatic N) is 4. The molecular weight excluding hydrogens is 490 g/mol. The van der Waals surface area contributed by atoms with E-state index < -0.39 is 33.5 Å². The van der Waals surface area contributed by atoms with Gasteiger partial charge in [0.15, 0.2) is 9.84 Å². The van der Waals surface area contributed by atoms with Crippen LogP contribution in [-0.2, 0) is 19.4 Å². The Hall–Kier alpha value is -2.43. The Kier molecular flexibility index (Phi) is 8.61. The molecule has 0 spiro atoms. The van der Waals surface area contributed by atoms with Gasteiger partial charge in [-0.2, -0.15) is 0 Å². The van der Waals surface area contributed by atoms with Crippen molar-refractivity contribution in [2.24, 2.45) is 11.0 Å². The zero-order valence-corrected chi connectivity index (χ0v) is 22.1. The number of amides is 2. The highest BCUT2D eigenvalue weighted by Crippen LogP contribution is 2.35. The van der Waals surface area contributed by atoms with Gasteiger partial charge in [-0.05, 0) is 88.4 Å². The Bertz CT molecular complexity index is 1080. The molecule has 2 fully saturated rings. The smallest absolute Gasteiger partial charge is 0.408 e. The molecule has 12 heteroatoms. The van der Waals surface area contributed by atoms with Gasteiger partial charge in [-0.1, -0.05) is 5.11 Å². The van der Waals surface area contributed by atoms with Crippen LogP contribution in [-0.4, -0.2) is 67.6 Å². The first-order valence-corrected chi connectivity index (χ1v) is 14.5. The van der Waals surface area contributed by atoms with Crippen LogP contribution in [0.1, 0.15) is 46.5 Å². The van der Waals surface area contributed by atoms with Crippen molar-refractivity contribution in [3.05, 3.63) is 34.7 Å². The summed E-state index contributed by atoms with van der Waals surface area (Å²) >= 11 is 1.53. The number of likely N-dealkylation sites (tertiary alicyclic amines) is 1. The molecule has 35 heavy (non-hydrogen) atoms. The summed E-state index contributed by atoms with van der Waals surface area (Å²) in [5, 5.41) is 6.48. The Labute approximate surface area is 210 Å². The lowest BCUT2D eigenvalue weighted by atomic mass is 9.82. The number of azide groups is 1. The fraction of sp³-hybridized carbons (Fsp3) is 0.652. The Morgan fingerprint density at radius 2 is 1.94 bits per heavy atom. The maximum Gasteiger partial charge on any atom is 0.408 e. The number of carbonyl (C=O) groups excluding carboxylic acids is 2. The number of sulfone groups is 1. The molecule has 1 aromatic carbocycles. The molecule has 1 aromatic rings. The van der Waals surface area contributed by atoms with Crippen molar-refractivity contribution in [2.75, 3.05) is 18.6 Å². The van der Waals surface area contributed by atoms with Gasteiger partial charge in [0, 0.05) is 28.4 Å². The van der Waals surface area contributed by atoms with Crippen LogP contribution >= 0.6 is 11.8 Å². The van der Waals surface area contributed by atoms with Crippen molar-refractivity contribution in [3.63, 3.8) is 0 Å². The second-order valence-corrected chi connectivity index (χ2v) is 12.9. The van der Waals surface area contributed by atoms with Gasteiger partial charge in [-0.3, -0.25) is 4.79 Å². The molecule has 3 rings (SSSR count). The number of alkyl carbamates (subject to hydrolysis) is 1. The van der Waals surface area contributed by atoms with E-state index in [9.17, 15) is 18.0 Å².